The number of hydrogen-bond donors (Lipinski definition) is 1. The van der Waals surface area contributed by atoms with Crippen molar-refractivity contribution in [2.75, 3.05) is 30.3 Å². The molecule has 0 spiro atoms. The predicted molar refractivity (Wildman–Crippen MR) is 133 cm³/mol. The van der Waals surface area contributed by atoms with E-state index in [1.165, 1.54) is 18.1 Å². The van der Waals surface area contributed by atoms with Crippen molar-refractivity contribution in [3.8, 4) is 5.75 Å². The van der Waals surface area contributed by atoms with E-state index >= 15 is 0 Å². The second kappa shape index (κ2) is 11.8. The van der Waals surface area contributed by atoms with Gasteiger partial charge in [-0.3, -0.25) is 9.10 Å². The van der Waals surface area contributed by atoms with E-state index in [9.17, 15) is 13.2 Å². The van der Waals surface area contributed by atoms with Crippen LogP contribution in [-0.4, -0.2) is 40.3 Å². The predicted octanol–water partition coefficient (Wildman–Crippen LogP) is 4.50. The Balaban J connectivity index is 1.67. The van der Waals surface area contributed by atoms with Crippen LogP contribution in [0.15, 0.2) is 88.7 Å². The molecule has 0 atom stereocenters. The number of nitrogens with one attached hydrogen (secondary N) is 1. The summed E-state index contributed by atoms with van der Waals surface area (Å²) >= 11 is 1.72. The third kappa shape index (κ3) is 6.76. The molecule has 0 radical (unpaired) electrons. The fourth-order valence-electron chi connectivity index (χ4n) is 3.24. The van der Waals surface area contributed by atoms with Crippen LogP contribution in [0, 0.1) is 6.92 Å². The molecule has 0 aliphatic carbocycles. The van der Waals surface area contributed by atoms with Crippen LogP contribution in [-0.2, 0) is 14.8 Å². The van der Waals surface area contributed by atoms with Gasteiger partial charge in [0.1, 0.15) is 12.3 Å². The number of benzene rings is 3. The molecule has 3 aromatic rings. The van der Waals surface area contributed by atoms with Crippen molar-refractivity contribution >= 4 is 33.4 Å². The number of amides is 1. The molecule has 0 aromatic heterocycles. The average Bonchev–Trinajstić information content (AvgIpc) is 2.83. The lowest BCUT2D eigenvalue weighted by Crippen LogP contribution is -2.41. The van der Waals surface area contributed by atoms with E-state index in [0.717, 1.165) is 16.5 Å². The van der Waals surface area contributed by atoms with Crippen LogP contribution in [0.4, 0.5) is 5.69 Å². The van der Waals surface area contributed by atoms with Crippen molar-refractivity contribution in [2.24, 2.45) is 0 Å². The molecule has 8 heteroatoms. The zero-order valence-electron chi connectivity index (χ0n) is 18.7. The first-order valence-corrected chi connectivity index (χ1v) is 13.0. The summed E-state index contributed by atoms with van der Waals surface area (Å²) in [6.07, 6.45) is 0.779. The Kier molecular flexibility index (Phi) is 8.79. The van der Waals surface area contributed by atoms with Crippen LogP contribution in [0.1, 0.15) is 12.0 Å². The highest BCUT2D eigenvalue weighted by Gasteiger charge is 2.27. The first-order chi connectivity index (χ1) is 15.9. The van der Waals surface area contributed by atoms with Gasteiger partial charge in [-0.05, 0) is 67.1 Å². The number of hydrogen-bond acceptors (Lipinski definition) is 5. The van der Waals surface area contributed by atoms with E-state index in [1.807, 2.05) is 30.3 Å². The third-order valence-corrected chi connectivity index (χ3v) is 7.81. The molecule has 33 heavy (non-hydrogen) atoms. The zero-order chi connectivity index (χ0) is 23.7. The fraction of sp³-hybridized carbons (Fsp3) is 0.240. The highest BCUT2D eigenvalue weighted by Crippen LogP contribution is 2.27. The first kappa shape index (κ1) is 24.7. The smallest absolute Gasteiger partial charge is 0.264 e. The van der Waals surface area contributed by atoms with Gasteiger partial charge >= 0.3 is 0 Å². The van der Waals surface area contributed by atoms with E-state index in [4.69, 9.17) is 4.74 Å². The van der Waals surface area contributed by atoms with E-state index in [1.54, 1.807) is 61.2 Å². The third-order valence-electron chi connectivity index (χ3n) is 4.94. The lowest BCUT2D eigenvalue weighted by Gasteiger charge is -2.24. The molecule has 0 heterocycles. The lowest BCUT2D eigenvalue weighted by molar-refractivity contribution is -0.119. The van der Waals surface area contributed by atoms with Gasteiger partial charge in [-0.2, -0.15) is 0 Å². The van der Waals surface area contributed by atoms with Gasteiger partial charge in [-0.15, -0.1) is 11.8 Å². The van der Waals surface area contributed by atoms with Crippen LogP contribution >= 0.6 is 11.8 Å². The second-order valence-corrected chi connectivity index (χ2v) is 10.4. The van der Waals surface area contributed by atoms with Crippen molar-refractivity contribution < 1.29 is 17.9 Å². The normalized spacial score (nSPS) is 11.1. The number of ether oxygens (including phenoxy) is 1. The minimum absolute atomic E-state index is 0.108. The molecule has 6 nitrogen and oxygen atoms in total. The fourth-order valence-corrected chi connectivity index (χ4v) is 5.62. The van der Waals surface area contributed by atoms with Crippen LogP contribution in [0.3, 0.4) is 0 Å². The van der Waals surface area contributed by atoms with Crippen molar-refractivity contribution in [2.45, 2.75) is 23.1 Å². The summed E-state index contributed by atoms with van der Waals surface area (Å²) < 4.78 is 33.3. The molecule has 3 rings (SSSR count). The van der Waals surface area contributed by atoms with Gasteiger partial charge in [0.25, 0.3) is 10.0 Å². The number of sulfonamides is 1. The maximum atomic E-state index is 13.5. The van der Waals surface area contributed by atoms with Gasteiger partial charge in [0, 0.05) is 11.4 Å². The number of aryl methyl sites for hydroxylation is 1. The van der Waals surface area contributed by atoms with E-state index in [0.29, 0.717) is 23.5 Å². The Morgan fingerprint density at radius 3 is 2.30 bits per heavy atom. The number of carbonyl (C=O) groups is 1. The number of nitrogens with zero attached hydrogens (tertiary/aromatic N) is 1. The number of carbonyl (C=O) groups excluding carboxylic acids is 1. The summed E-state index contributed by atoms with van der Waals surface area (Å²) in [5.41, 5.74) is 1.13. The van der Waals surface area contributed by atoms with Gasteiger partial charge < -0.3 is 10.1 Å². The van der Waals surface area contributed by atoms with Crippen molar-refractivity contribution in [3.05, 3.63) is 84.4 Å². The maximum Gasteiger partial charge on any atom is 0.264 e. The molecule has 0 unspecified atom stereocenters. The Hall–Kier alpha value is -2.97. The van der Waals surface area contributed by atoms with Gasteiger partial charge in [-0.25, -0.2) is 8.42 Å². The van der Waals surface area contributed by atoms with Gasteiger partial charge in [0.05, 0.1) is 17.7 Å². The Bertz CT molecular complexity index is 1150. The molecule has 0 aliphatic rings. The van der Waals surface area contributed by atoms with Crippen LogP contribution in [0.2, 0.25) is 0 Å². The molecule has 0 saturated heterocycles. The van der Waals surface area contributed by atoms with Crippen molar-refractivity contribution in [3.63, 3.8) is 0 Å². The largest absolute Gasteiger partial charge is 0.496 e. The summed E-state index contributed by atoms with van der Waals surface area (Å²) in [5, 5.41) is 2.84. The van der Waals surface area contributed by atoms with Crippen LogP contribution < -0.4 is 14.4 Å². The lowest BCUT2D eigenvalue weighted by atomic mass is 10.2. The van der Waals surface area contributed by atoms with E-state index < -0.39 is 10.0 Å². The number of anilines is 1. The van der Waals surface area contributed by atoms with E-state index in [2.05, 4.69) is 5.32 Å². The molecule has 3 aromatic carbocycles. The summed E-state index contributed by atoms with van der Waals surface area (Å²) in [6.45, 7) is 1.96. The standard InChI is InChI=1S/C25H28N2O4S2/c1-20-18-23(14-15-24(20)31-2)33(29,30)27(21-10-5-3-6-11-21)19-25(28)26-16-9-17-32-22-12-7-4-8-13-22/h3-8,10-15,18H,9,16-17,19H2,1-2H3,(H,26,28). The number of rotatable bonds is 11. The highest BCUT2D eigenvalue weighted by atomic mass is 32.2. The molecule has 0 bridgehead atoms. The molecule has 0 saturated carbocycles. The molecule has 0 fully saturated rings. The molecular formula is C25H28N2O4S2. The van der Waals surface area contributed by atoms with Crippen LogP contribution in [0.25, 0.3) is 0 Å². The molecule has 1 N–H and O–H groups in total. The molecular weight excluding hydrogens is 456 g/mol. The minimum atomic E-state index is -3.96. The quantitative estimate of drug-likeness (QED) is 0.320. The molecule has 0 aliphatic heterocycles. The minimum Gasteiger partial charge on any atom is -0.496 e. The monoisotopic (exact) mass is 484 g/mol. The Morgan fingerprint density at radius 2 is 1.67 bits per heavy atom. The Morgan fingerprint density at radius 1 is 1.00 bits per heavy atom. The number of methoxy groups -OCH3 is 1. The first-order valence-electron chi connectivity index (χ1n) is 10.6. The van der Waals surface area contributed by atoms with Gasteiger partial charge in [-0.1, -0.05) is 36.4 Å². The average molecular weight is 485 g/mol. The second-order valence-electron chi connectivity index (χ2n) is 7.34. The summed E-state index contributed by atoms with van der Waals surface area (Å²) in [5.74, 6) is 1.11. The number of para-hydroxylation sites is 1. The van der Waals surface area contributed by atoms with Gasteiger partial charge in [0.15, 0.2) is 0 Å². The molecule has 1 amide bonds. The molecule has 174 valence electrons. The van der Waals surface area contributed by atoms with E-state index in [-0.39, 0.29) is 17.3 Å². The van der Waals surface area contributed by atoms with Crippen LogP contribution in [0.5, 0.6) is 5.75 Å². The number of thioether (sulfide) groups is 1. The van der Waals surface area contributed by atoms with Crippen molar-refractivity contribution in [1.82, 2.24) is 5.32 Å². The van der Waals surface area contributed by atoms with Gasteiger partial charge in [0.2, 0.25) is 5.91 Å². The SMILES string of the molecule is COc1ccc(S(=O)(=O)N(CC(=O)NCCCSc2ccccc2)c2ccccc2)cc1C. The highest BCUT2D eigenvalue weighted by molar-refractivity contribution is 7.99. The summed E-state index contributed by atoms with van der Waals surface area (Å²) in [4.78, 5) is 13.9. The topological polar surface area (TPSA) is 75.7 Å². The summed E-state index contributed by atoms with van der Waals surface area (Å²) in [7, 11) is -2.42. The maximum absolute atomic E-state index is 13.5. The zero-order valence-corrected chi connectivity index (χ0v) is 20.4. The summed E-state index contributed by atoms with van der Waals surface area (Å²) in [6, 6.07) is 23.4. The Labute approximate surface area is 200 Å². The van der Waals surface area contributed by atoms with Crippen molar-refractivity contribution in [1.29, 1.82) is 0 Å².